The van der Waals surface area contributed by atoms with Gasteiger partial charge in [-0.15, -0.1) is 12.4 Å². The number of nitrogens with one attached hydrogen (secondary N) is 1. The number of rotatable bonds is 6. The van der Waals surface area contributed by atoms with Crippen molar-refractivity contribution < 1.29 is 17.9 Å². The maximum Gasteiger partial charge on any atom is 0.223 e. The molecule has 2 aliphatic heterocycles. The summed E-state index contributed by atoms with van der Waals surface area (Å²) in [5, 5.41) is 3.41. The standard InChI is InChI=1S/C18H26N2O4S.ClH/c1-25(22,23)17-8-6-16(7-9-17)24-12-2-3-18(21)20-14-4-5-15(20)13-19-11-10-14;/h6-9,14-15,19H,2-5,10-13H2,1H3;1H. The number of fused-ring (bicyclic) bond motifs is 2. The summed E-state index contributed by atoms with van der Waals surface area (Å²) in [7, 11) is -3.19. The quantitative estimate of drug-likeness (QED) is 0.737. The molecule has 0 aromatic heterocycles. The van der Waals surface area contributed by atoms with Crippen LogP contribution in [-0.4, -0.2) is 57.3 Å². The van der Waals surface area contributed by atoms with Crippen molar-refractivity contribution >= 4 is 28.2 Å². The molecule has 2 fully saturated rings. The molecule has 0 spiro atoms. The van der Waals surface area contributed by atoms with E-state index < -0.39 is 9.84 Å². The number of sulfone groups is 1. The second-order valence-electron chi connectivity index (χ2n) is 6.87. The molecule has 0 aliphatic carbocycles. The molecule has 1 N–H and O–H groups in total. The molecule has 2 aliphatic rings. The van der Waals surface area contributed by atoms with Crippen LogP contribution in [0.15, 0.2) is 29.2 Å². The summed E-state index contributed by atoms with van der Waals surface area (Å²) < 4.78 is 28.5. The molecule has 2 saturated heterocycles. The van der Waals surface area contributed by atoms with Gasteiger partial charge in [0.05, 0.1) is 11.5 Å². The minimum Gasteiger partial charge on any atom is -0.494 e. The fraction of sp³-hybridized carbons (Fsp3) is 0.611. The Balaban J connectivity index is 0.00000243. The van der Waals surface area contributed by atoms with Crippen LogP contribution in [0.2, 0.25) is 0 Å². The molecule has 2 atom stereocenters. The van der Waals surface area contributed by atoms with Gasteiger partial charge in [0, 0.05) is 31.3 Å². The third-order valence-electron chi connectivity index (χ3n) is 5.00. The highest BCUT2D eigenvalue weighted by molar-refractivity contribution is 7.90. The van der Waals surface area contributed by atoms with Gasteiger partial charge in [-0.3, -0.25) is 4.79 Å². The van der Waals surface area contributed by atoms with Crippen LogP contribution in [-0.2, 0) is 14.6 Å². The van der Waals surface area contributed by atoms with Crippen molar-refractivity contribution in [2.75, 3.05) is 26.0 Å². The summed E-state index contributed by atoms with van der Waals surface area (Å²) in [5.41, 5.74) is 0. The van der Waals surface area contributed by atoms with Crippen LogP contribution < -0.4 is 10.1 Å². The number of hydrogen-bond acceptors (Lipinski definition) is 5. The van der Waals surface area contributed by atoms with Crippen LogP contribution in [0.5, 0.6) is 5.75 Å². The van der Waals surface area contributed by atoms with Crippen LogP contribution in [0.25, 0.3) is 0 Å². The van der Waals surface area contributed by atoms with Crippen molar-refractivity contribution in [2.24, 2.45) is 0 Å². The lowest BCUT2D eigenvalue weighted by atomic mass is 10.1. The Hall–Kier alpha value is -1.31. The largest absolute Gasteiger partial charge is 0.494 e. The van der Waals surface area contributed by atoms with Gasteiger partial charge in [-0.05, 0) is 56.5 Å². The molecular formula is C18H27ClN2O4S. The highest BCUT2D eigenvalue weighted by Gasteiger charge is 2.37. The molecule has 2 heterocycles. The van der Waals surface area contributed by atoms with Gasteiger partial charge in [0.15, 0.2) is 9.84 Å². The molecule has 1 aromatic carbocycles. The molecule has 0 saturated carbocycles. The summed E-state index contributed by atoms with van der Waals surface area (Å²) in [6.07, 6.45) is 5.61. The Morgan fingerprint density at radius 1 is 1.19 bits per heavy atom. The number of carbonyl (C=O) groups is 1. The first kappa shape index (κ1) is 21.0. The van der Waals surface area contributed by atoms with E-state index in [1.807, 2.05) is 0 Å². The van der Waals surface area contributed by atoms with Crippen LogP contribution in [0, 0.1) is 0 Å². The Labute approximate surface area is 161 Å². The predicted molar refractivity (Wildman–Crippen MR) is 103 cm³/mol. The van der Waals surface area contributed by atoms with E-state index in [-0.39, 0.29) is 23.2 Å². The second-order valence-corrected chi connectivity index (χ2v) is 8.89. The maximum atomic E-state index is 12.6. The molecule has 146 valence electrons. The maximum absolute atomic E-state index is 12.6. The fourth-order valence-electron chi connectivity index (χ4n) is 3.72. The fourth-order valence-corrected chi connectivity index (χ4v) is 4.35. The summed E-state index contributed by atoms with van der Waals surface area (Å²) in [5.74, 6) is 0.853. The topological polar surface area (TPSA) is 75.7 Å². The van der Waals surface area contributed by atoms with E-state index in [1.165, 1.54) is 18.4 Å². The van der Waals surface area contributed by atoms with Gasteiger partial charge in [-0.2, -0.15) is 0 Å². The third kappa shape index (κ3) is 5.11. The van der Waals surface area contributed by atoms with Crippen LogP contribution in [0.3, 0.4) is 0 Å². The SMILES string of the molecule is CS(=O)(=O)c1ccc(OCCCC(=O)N2C3CCNCC2CC3)cc1.Cl. The summed E-state index contributed by atoms with van der Waals surface area (Å²) >= 11 is 0. The highest BCUT2D eigenvalue weighted by atomic mass is 35.5. The van der Waals surface area contributed by atoms with E-state index in [0.29, 0.717) is 37.3 Å². The number of halogens is 1. The average Bonchev–Trinajstić information content (AvgIpc) is 2.84. The number of amides is 1. The Bertz CT molecular complexity index is 694. The Morgan fingerprint density at radius 2 is 1.88 bits per heavy atom. The molecule has 0 radical (unpaired) electrons. The Kier molecular flexibility index (Phi) is 7.32. The van der Waals surface area contributed by atoms with Crippen LogP contribution in [0.1, 0.15) is 32.1 Å². The van der Waals surface area contributed by atoms with Crippen molar-refractivity contribution in [2.45, 2.75) is 49.1 Å². The Morgan fingerprint density at radius 3 is 2.58 bits per heavy atom. The van der Waals surface area contributed by atoms with E-state index in [1.54, 1.807) is 12.1 Å². The molecule has 1 amide bonds. The van der Waals surface area contributed by atoms with Gasteiger partial charge < -0.3 is 15.0 Å². The van der Waals surface area contributed by atoms with Gasteiger partial charge >= 0.3 is 0 Å². The molecule has 8 heteroatoms. The van der Waals surface area contributed by atoms with E-state index in [0.717, 1.165) is 32.4 Å². The summed E-state index contributed by atoms with van der Waals surface area (Å²) in [6, 6.07) is 7.13. The van der Waals surface area contributed by atoms with Crippen LogP contribution in [0.4, 0.5) is 0 Å². The van der Waals surface area contributed by atoms with Gasteiger partial charge in [0.2, 0.25) is 5.91 Å². The van der Waals surface area contributed by atoms with E-state index >= 15 is 0 Å². The van der Waals surface area contributed by atoms with Gasteiger partial charge in [-0.25, -0.2) is 8.42 Å². The zero-order chi connectivity index (χ0) is 17.9. The number of benzene rings is 1. The van der Waals surface area contributed by atoms with Crippen molar-refractivity contribution in [3.05, 3.63) is 24.3 Å². The first-order valence-electron chi connectivity index (χ1n) is 8.90. The van der Waals surface area contributed by atoms with Crippen molar-refractivity contribution in [1.82, 2.24) is 10.2 Å². The summed E-state index contributed by atoms with van der Waals surface area (Å²) in [4.78, 5) is 14.9. The number of nitrogens with zero attached hydrogens (tertiary/aromatic N) is 1. The molecular weight excluding hydrogens is 376 g/mol. The zero-order valence-corrected chi connectivity index (χ0v) is 16.7. The monoisotopic (exact) mass is 402 g/mol. The normalized spacial score (nSPS) is 22.4. The highest BCUT2D eigenvalue weighted by Crippen LogP contribution is 2.28. The lowest BCUT2D eigenvalue weighted by Gasteiger charge is -2.28. The van der Waals surface area contributed by atoms with Gasteiger partial charge in [-0.1, -0.05) is 0 Å². The van der Waals surface area contributed by atoms with E-state index in [9.17, 15) is 13.2 Å². The smallest absolute Gasteiger partial charge is 0.223 e. The minimum absolute atomic E-state index is 0. The van der Waals surface area contributed by atoms with Gasteiger partial charge in [0.25, 0.3) is 0 Å². The lowest BCUT2D eigenvalue weighted by Crippen LogP contribution is -2.42. The number of ether oxygens (including phenoxy) is 1. The van der Waals surface area contributed by atoms with Crippen molar-refractivity contribution in [3.8, 4) is 5.75 Å². The third-order valence-corrected chi connectivity index (χ3v) is 6.13. The van der Waals surface area contributed by atoms with Crippen molar-refractivity contribution in [3.63, 3.8) is 0 Å². The first-order chi connectivity index (χ1) is 11.9. The van der Waals surface area contributed by atoms with Gasteiger partial charge in [0.1, 0.15) is 5.75 Å². The summed E-state index contributed by atoms with van der Waals surface area (Å²) in [6.45, 7) is 2.36. The number of hydrogen-bond donors (Lipinski definition) is 1. The minimum atomic E-state index is -3.19. The second kappa shape index (κ2) is 9.06. The lowest BCUT2D eigenvalue weighted by molar-refractivity contribution is -0.134. The molecule has 2 bridgehead atoms. The molecule has 3 rings (SSSR count). The predicted octanol–water partition coefficient (Wildman–Crippen LogP) is 2.02. The van der Waals surface area contributed by atoms with Crippen molar-refractivity contribution in [1.29, 1.82) is 0 Å². The van der Waals surface area contributed by atoms with Crippen LogP contribution >= 0.6 is 12.4 Å². The zero-order valence-electron chi connectivity index (χ0n) is 15.0. The molecule has 26 heavy (non-hydrogen) atoms. The molecule has 6 nitrogen and oxygen atoms in total. The number of carbonyl (C=O) groups excluding carboxylic acids is 1. The van der Waals surface area contributed by atoms with E-state index in [2.05, 4.69) is 10.2 Å². The first-order valence-corrected chi connectivity index (χ1v) is 10.8. The molecule has 1 aromatic rings. The van der Waals surface area contributed by atoms with E-state index in [4.69, 9.17) is 4.74 Å². The molecule has 2 unspecified atom stereocenters. The average molecular weight is 403 g/mol.